The molecule has 3 nitrogen and oxygen atoms in total. The molecule has 0 aliphatic carbocycles. The molecular weight excluding hydrogens is 282 g/mol. The van der Waals surface area contributed by atoms with Crippen molar-refractivity contribution in [3.8, 4) is 5.75 Å². The molecule has 0 atom stereocenters. The molecule has 0 fully saturated rings. The fourth-order valence-electron chi connectivity index (χ4n) is 1.68. The van der Waals surface area contributed by atoms with Gasteiger partial charge in [0.25, 0.3) is 0 Å². The standard InChI is InChI=1S/C14H14ClNO2S/c1-16(9-12-6-7-13(15)19-12)14(18)8-10-2-4-11(17)5-3-10/h2-7,17H,8-9H2,1H3. The Morgan fingerprint density at radius 1 is 1.26 bits per heavy atom. The van der Waals surface area contributed by atoms with Crippen LogP contribution in [0, 0.1) is 0 Å². The summed E-state index contributed by atoms with van der Waals surface area (Å²) in [5.41, 5.74) is 0.888. The first-order valence-electron chi connectivity index (χ1n) is 5.80. The SMILES string of the molecule is CN(Cc1ccc(Cl)s1)C(=O)Cc1ccc(O)cc1. The third-order valence-electron chi connectivity index (χ3n) is 2.74. The molecule has 0 bridgehead atoms. The zero-order chi connectivity index (χ0) is 13.8. The van der Waals surface area contributed by atoms with E-state index in [1.165, 1.54) is 11.3 Å². The second-order valence-corrected chi connectivity index (χ2v) is 6.10. The fraction of sp³-hybridized carbons (Fsp3) is 0.214. The number of rotatable bonds is 4. The van der Waals surface area contributed by atoms with E-state index < -0.39 is 0 Å². The number of phenolic OH excluding ortho intramolecular Hbond substituents is 1. The van der Waals surface area contributed by atoms with Crippen LogP contribution in [0.25, 0.3) is 0 Å². The molecule has 0 saturated carbocycles. The third kappa shape index (κ3) is 3.98. The first-order chi connectivity index (χ1) is 9.04. The van der Waals surface area contributed by atoms with E-state index in [1.807, 2.05) is 12.1 Å². The van der Waals surface area contributed by atoms with Crippen molar-refractivity contribution in [3.63, 3.8) is 0 Å². The van der Waals surface area contributed by atoms with Crippen LogP contribution in [0.1, 0.15) is 10.4 Å². The predicted molar refractivity (Wildman–Crippen MR) is 77.6 cm³/mol. The highest BCUT2D eigenvalue weighted by molar-refractivity contribution is 7.16. The van der Waals surface area contributed by atoms with Crippen molar-refractivity contribution in [2.45, 2.75) is 13.0 Å². The molecule has 2 aromatic rings. The molecule has 0 aliphatic heterocycles. The van der Waals surface area contributed by atoms with Crippen LogP contribution < -0.4 is 0 Å². The third-order valence-corrected chi connectivity index (χ3v) is 3.96. The van der Waals surface area contributed by atoms with Gasteiger partial charge in [-0.2, -0.15) is 0 Å². The van der Waals surface area contributed by atoms with Crippen molar-refractivity contribution < 1.29 is 9.90 Å². The monoisotopic (exact) mass is 295 g/mol. The van der Waals surface area contributed by atoms with E-state index in [-0.39, 0.29) is 11.7 Å². The van der Waals surface area contributed by atoms with Crippen LogP contribution in [0.15, 0.2) is 36.4 Å². The predicted octanol–water partition coefficient (Wildman–Crippen LogP) is 3.31. The Kier molecular flexibility index (Phi) is 4.45. The molecule has 1 aromatic carbocycles. The number of amides is 1. The highest BCUT2D eigenvalue weighted by atomic mass is 35.5. The number of aromatic hydroxyl groups is 1. The zero-order valence-electron chi connectivity index (χ0n) is 10.5. The molecule has 1 amide bonds. The maximum Gasteiger partial charge on any atom is 0.227 e. The number of likely N-dealkylation sites (N-methyl/N-ethyl adjacent to an activating group) is 1. The van der Waals surface area contributed by atoms with Crippen molar-refractivity contribution in [1.29, 1.82) is 0 Å². The minimum atomic E-state index is 0.0372. The molecule has 0 unspecified atom stereocenters. The minimum absolute atomic E-state index is 0.0372. The van der Waals surface area contributed by atoms with Gasteiger partial charge in [-0.15, -0.1) is 11.3 Å². The van der Waals surface area contributed by atoms with Gasteiger partial charge in [-0.1, -0.05) is 23.7 Å². The number of benzene rings is 1. The lowest BCUT2D eigenvalue weighted by Gasteiger charge is -2.16. The number of thiophene rings is 1. The maximum atomic E-state index is 12.0. The summed E-state index contributed by atoms with van der Waals surface area (Å²) < 4.78 is 0.731. The molecule has 19 heavy (non-hydrogen) atoms. The first-order valence-corrected chi connectivity index (χ1v) is 7.00. The minimum Gasteiger partial charge on any atom is -0.508 e. The van der Waals surface area contributed by atoms with E-state index in [9.17, 15) is 9.90 Å². The van der Waals surface area contributed by atoms with Crippen LogP contribution in [0.5, 0.6) is 5.75 Å². The number of hydrogen-bond acceptors (Lipinski definition) is 3. The Hall–Kier alpha value is -1.52. The van der Waals surface area contributed by atoms with Crippen molar-refractivity contribution in [1.82, 2.24) is 4.90 Å². The lowest BCUT2D eigenvalue weighted by Crippen LogP contribution is -2.27. The number of carbonyl (C=O) groups is 1. The van der Waals surface area contributed by atoms with Gasteiger partial charge >= 0.3 is 0 Å². The summed E-state index contributed by atoms with van der Waals surface area (Å²) in [7, 11) is 1.77. The summed E-state index contributed by atoms with van der Waals surface area (Å²) in [6.07, 6.45) is 0.329. The van der Waals surface area contributed by atoms with E-state index in [1.54, 1.807) is 36.2 Å². The van der Waals surface area contributed by atoms with E-state index in [4.69, 9.17) is 11.6 Å². The topological polar surface area (TPSA) is 40.5 Å². The second-order valence-electron chi connectivity index (χ2n) is 4.30. The molecule has 1 heterocycles. The molecule has 0 aliphatic rings. The van der Waals surface area contributed by atoms with Gasteiger partial charge in [0, 0.05) is 11.9 Å². The molecule has 1 N–H and O–H groups in total. The lowest BCUT2D eigenvalue weighted by atomic mass is 10.1. The smallest absolute Gasteiger partial charge is 0.227 e. The first kappa shape index (κ1) is 13.9. The van der Waals surface area contributed by atoms with Gasteiger partial charge in [-0.25, -0.2) is 0 Å². The largest absolute Gasteiger partial charge is 0.508 e. The number of nitrogens with zero attached hydrogens (tertiary/aromatic N) is 1. The molecular formula is C14H14ClNO2S. The molecule has 0 spiro atoms. The van der Waals surface area contributed by atoms with Gasteiger partial charge in [-0.05, 0) is 29.8 Å². The summed E-state index contributed by atoms with van der Waals surface area (Å²) in [6, 6.07) is 10.4. The molecule has 5 heteroatoms. The quantitative estimate of drug-likeness (QED) is 0.940. The molecule has 1 aromatic heterocycles. The zero-order valence-corrected chi connectivity index (χ0v) is 12.0. The average molecular weight is 296 g/mol. The van der Waals surface area contributed by atoms with E-state index in [0.717, 1.165) is 14.8 Å². The Morgan fingerprint density at radius 2 is 1.95 bits per heavy atom. The van der Waals surface area contributed by atoms with Crippen LogP contribution in [-0.4, -0.2) is 23.0 Å². The Labute approximate surface area is 121 Å². The summed E-state index contributed by atoms with van der Waals surface area (Å²) >= 11 is 7.34. The van der Waals surface area contributed by atoms with E-state index in [2.05, 4.69) is 0 Å². The van der Waals surface area contributed by atoms with E-state index >= 15 is 0 Å². The normalized spacial score (nSPS) is 10.4. The fourth-order valence-corrected chi connectivity index (χ4v) is 2.82. The van der Waals surface area contributed by atoms with Crippen molar-refractivity contribution >= 4 is 28.8 Å². The van der Waals surface area contributed by atoms with Crippen molar-refractivity contribution in [3.05, 3.63) is 51.2 Å². The molecule has 0 saturated heterocycles. The second kappa shape index (κ2) is 6.08. The molecule has 2 rings (SSSR count). The lowest BCUT2D eigenvalue weighted by molar-refractivity contribution is -0.129. The average Bonchev–Trinajstić information content (AvgIpc) is 2.77. The van der Waals surface area contributed by atoms with Gasteiger partial charge in [-0.3, -0.25) is 4.79 Å². The maximum absolute atomic E-state index is 12.0. The number of phenols is 1. The number of hydrogen-bond donors (Lipinski definition) is 1. The molecule has 100 valence electrons. The van der Waals surface area contributed by atoms with Crippen molar-refractivity contribution in [2.75, 3.05) is 7.05 Å². The Bertz CT molecular complexity index is 565. The highest BCUT2D eigenvalue weighted by Crippen LogP contribution is 2.22. The van der Waals surface area contributed by atoms with Gasteiger partial charge in [0.15, 0.2) is 0 Å². The van der Waals surface area contributed by atoms with Crippen LogP contribution in [0.4, 0.5) is 0 Å². The Balaban J connectivity index is 1.94. The van der Waals surface area contributed by atoms with Crippen molar-refractivity contribution in [2.24, 2.45) is 0 Å². The van der Waals surface area contributed by atoms with Crippen LogP contribution in [0.2, 0.25) is 4.34 Å². The van der Waals surface area contributed by atoms with Crippen LogP contribution >= 0.6 is 22.9 Å². The highest BCUT2D eigenvalue weighted by Gasteiger charge is 2.11. The van der Waals surface area contributed by atoms with Gasteiger partial charge in [0.05, 0.1) is 17.3 Å². The number of carbonyl (C=O) groups excluding carboxylic acids is 1. The van der Waals surface area contributed by atoms with Crippen LogP contribution in [-0.2, 0) is 17.8 Å². The molecule has 0 radical (unpaired) electrons. The Morgan fingerprint density at radius 3 is 2.53 bits per heavy atom. The van der Waals surface area contributed by atoms with Gasteiger partial charge < -0.3 is 10.0 Å². The van der Waals surface area contributed by atoms with Gasteiger partial charge in [0.1, 0.15) is 5.75 Å². The number of halogens is 1. The van der Waals surface area contributed by atoms with Crippen LogP contribution in [0.3, 0.4) is 0 Å². The van der Waals surface area contributed by atoms with Gasteiger partial charge in [0.2, 0.25) is 5.91 Å². The summed E-state index contributed by atoms with van der Waals surface area (Å²) in [6.45, 7) is 0.564. The summed E-state index contributed by atoms with van der Waals surface area (Å²) in [5, 5.41) is 9.19. The summed E-state index contributed by atoms with van der Waals surface area (Å²) in [4.78, 5) is 14.8. The van der Waals surface area contributed by atoms with E-state index in [0.29, 0.717) is 13.0 Å². The summed E-state index contributed by atoms with van der Waals surface area (Å²) in [5.74, 6) is 0.244.